The number of hydrogen-bond acceptors (Lipinski definition) is 5. The quantitative estimate of drug-likeness (QED) is 0.427. The number of phenols is 1. The second-order valence-corrected chi connectivity index (χ2v) is 4.68. The molecule has 3 rings (SSSR count). The van der Waals surface area contributed by atoms with Crippen molar-refractivity contribution in [3.05, 3.63) is 46.5 Å². The summed E-state index contributed by atoms with van der Waals surface area (Å²) < 4.78 is 1.37. The summed E-state index contributed by atoms with van der Waals surface area (Å²) in [7, 11) is 0. The molecule has 7 nitrogen and oxygen atoms in total. The van der Waals surface area contributed by atoms with Crippen LogP contribution in [0.2, 0.25) is 0 Å². The van der Waals surface area contributed by atoms with Crippen LogP contribution in [-0.4, -0.2) is 23.4 Å². The van der Waals surface area contributed by atoms with Crippen molar-refractivity contribution in [3.8, 4) is 16.9 Å². The van der Waals surface area contributed by atoms with E-state index in [9.17, 15) is 15.2 Å². The molecule has 1 N–H and O–H groups in total. The van der Waals surface area contributed by atoms with E-state index in [-0.39, 0.29) is 11.4 Å². The zero-order valence-corrected chi connectivity index (χ0v) is 11.3. The van der Waals surface area contributed by atoms with Crippen molar-refractivity contribution in [2.75, 3.05) is 0 Å². The van der Waals surface area contributed by atoms with Gasteiger partial charge in [0.25, 0.3) is 0 Å². The van der Waals surface area contributed by atoms with Crippen LogP contribution in [0.1, 0.15) is 0 Å². The van der Waals surface area contributed by atoms with Crippen molar-refractivity contribution in [3.63, 3.8) is 0 Å². The molecule has 0 saturated heterocycles. The number of fused-ring (bicyclic) bond motifs is 1. The van der Waals surface area contributed by atoms with Gasteiger partial charge in [0.2, 0.25) is 0 Å². The Morgan fingerprint density at radius 2 is 1.90 bits per heavy atom. The molecule has 0 aliphatic carbocycles. The van der Waals surface area contributed by atoms with Gasteiger partial charge in [-0.2, -0.15) is 0 Å². The van der Waals surface area contributed by atoms with Crippen molar-refractivity contribution >= 4 is 16.7 Å². The fourth-order valence-electron chi connectivity index (χ4n) is 1.93. The van der Waals surface area contributed by atoms with Gasteiger partial charge in [0.15, 0.2) is 0 Å². The molecule has 0 spiro atoms. The predicted molar refractivity (Wildman–Crippen MR) is 66.7 cm³/mol. The number of nitrogens with zero attached hydrogens (tertiary/aromatic N) is 4. The molecule has 0 fully saturated rings. The van der Waals surface area contributed by atoms with Gasteiger partial charge >= 0.3 is 125 Å². The SMILES string of the molecule is O=[N+]([O-])c1ccc(-c2ccc3c(nn[n]3[Ag])c2O)cc1. The van der Waals surface area contributed by atoms with Crippen LogP contribution in [0, 0.1) is 10.1 Å². The van der Waals surface area contributed by atoms with Crippen LogP contribution < -0.4 is 0 Å². The van der Waals surface area contributed by atoms with Crippen molar-refractivity contribution in [2.45, 2.75) is 0 Å². The fourth-order valence-corrected chi connectivity index (χ4v) is 2.26. The molecule has 8 heteroatoms. The Morgan fingerprint density at radius 1 is 1.20 bits per heavy atom. The number of hydrogen-bond donors (Lipinski definition) is 1. The summed E-state index contributed by atoms with van der Waals surface area (Å²) >= 11 is 3.18. The fraction of sp³-hybridized carbons (Fsp3) is 0. The van der Waals surface area contributed by atoms with Gasteiger partial charge in [-0.3, -0.25) is 0 Å². The van der Waals surface area contributed by atoms with Gasteiger partial charge in [-0.05, 0) is 0 Å². The normalized spacial score (nSPS) is 10.9. The molecule has 20 heavy (non-hydrogen) atoms. The van der Waals surface area contributed by atoms with E-state index in [1.54, 1.807) is 24.3 Å². The van der Waals surface area contributed by atoms with Gasteiger partial charge in [-0.15, -0.1) is 0 Å². The number of nitro groups is 1. The number of aromatic hydroxyl groups is 1. The van der Waals surface area contributed by atoms with E-state index in [4.69, 9.17) is 0 Å². The van der Waals surface area contributed by atoms with Gasteiger partial charge in [0.05, 0.1) is 0 Å². The van der Waals surface area contributed by atoms with Gasteiger partial charge in [-0.25, -0.2) is 0 Å². The first-order chi connectivity index (χ1) is 9.58. The molecule has 0 aliphatic heterocycles. The average Bonchev–Trinajstić information content (AvgIpc) is 2.82. The number of nitro benzene ring substituents is 1. The molecule has 0 radical (unpaired) electrons. The molecule has 0 saturated carbocycles. The maximum atomic E-state index is 10.6. The van der Waals surface area contributed by atoms with Crippen LogP contribution in [0.5, 0.6) is 5.75 Å². The van der Waals surface area contributed by atoms with E-state index in [2.05, 4.69) is 31.6 Å². The summed E-state index contributed by atoms with van der Waals surface area (Å²) in [6.45, 7) is 0. The van der Waals surface area contributed by atoms with Gasteiger partial charge in [-0.1, -0.05) is 0 Å². The monoisotopic (exact) mass is 362 g/mol. The molecule has 1 aromatic heterocycles. The maximum absolute atomic E-state index is 10.6. The molecule has 2 aromatic carbocycles. The van der Waals surface area contributed by atoms with E-state index in [0.29, 0.717) is 22.2 Å². The van der Waals surface area contributed by atoms with E-state index >= 15 is 0 Å². The molecule has 1 heterocycles. The van der Waals surface area contributed by atoms with Crippen LogP contribution in [0.15, 0.2) is 36.4 Å². The number of non-ortho nitro benzene ring substituents is 1. The minimum absolute atomic E-state index is 0.000567. The zero-order chi connectivity index (χ0) is 14.3. The van der Waals surface area contributed by atoms with Crippen molar-refractivity contribution in [2.24, 2.45) is 0 Å². The molecule has 104 valence electrons. The first kappa shape index (κ1) is 12.8. The third-order valence-electron chi connectivity index (χ3n) is 2.92. The third-order valence-corrected chi connectivity index (χ3v) is 3.41. The molecule has 0 atom stereocenters. The zero-order valence-electron chi connectivity index (χ0n) is 9.82. The molecular formula is C12H7AgN4O3. The summed E-state index contributed by atoms with van der Waals surface area (Å²) in [4.78, 5) is 10.2. The van der Waals surface area contributed by atoms with Crippen LogP contribution >= 0.6 is 0 Å². The van der Waals surface area contributed by atoms with E-state index in [1.165, 1.54) is 15.2 Å². The van der Waals surface area contributed by atoms with E-state index < -0.39 is 4.92 Å². The summed E-state index contributed by atoms with van der Waals surface area (Å²) in [6.07, 6.45) is 0. The first-order valence-electron chi connectivity index (χ1n) is 5.53. The van der Waals surface area contributed by atoms with Gasteiger partial charge in [0, 0.05) is 0 Å². The molecular weight excluding hydrogens is 356 g/mol. The Balaban J connectivity index is 2.14. The first-order valence-corrected chi connectivity index (χ1v) is 6.19. The summed E-state index contributed by atoms with van der Waals surface area (Å²) in [6, 6.07) is 9.40. The Morgan fingerprint density at radius 3 is 2.55 bits per heavy atom. The number of phenolic OH excluding ortho intramolecular Hbond substituents is 1. The number of benzene rings is 2. The van der Waals surface area contributed by atoms with Gasteiger partial charge < -0.3 is 0 Å². The number of rotatable bonds is 2. The summed E-state index contributed by atoms with van der Waals surface area (Å²) in [5.74, 6) is -0.0124. The minimum atomic E-state index is -0.469. The predicted octanol–water partition coefficient (Wildman–Crippen LogP) is 2.02. The molecule has 0 bridgehead atoms. The average molecular weight is 363 g/mol. The second kappa shape index (κ2) is 4.71. The molecule has 3 aromatic rings. The van der Waals surface area contributed by atoms with Crippen LogP contribution in [0.3, 0.4) is 0 Å². The topological polar surface area (TPSA) is 94.1 Å². The summed E-state index contributed by atoms with van der Waals surface area (Å²) in [5, 5.41) is 28.5. The van der Waals surface area contributed by atoms with Crippen molar-refractivity contribution < 1.29 is 31.4 Å². The van der Waals surface area contributed by atoms with Crippen LogP contribution in [0.25, 0.3) is 22.2 Å². The van der Waals surface area contributed by atoms with Crippen LogP contribution in [-0.2, 0) is 21.3 Å². The van der Waals surface area contributed by atoms with E-state index in [0.717, 1.165) is 0 Å². The molecule has 0 unspecified atom stereocenters. The third kappa shape index (κ3) is 1.97. The molecule has 0 aliphatic rings. The Bertz CT molecular complexity index is 813. The standard InChI is InChI=1S/C12H7N4O3.Ag/c17-12-9(5-6-10-11(12)14-15-13-10)7-1-3-8(4-2-7)16(18)19;/h1-6H,(H-,13,14,15,17);/q-1;+1. The number of aromatic nitrogens is 3. The van der Waals surface area contributed by atoms with Crippen molar-refractivity contribution in [1.29, 1.82) is 0 Å². The van der Waals surface area contributed by atoms with E-state index in [1.807, 2.05) is 0 Å². The Kier molecular flexibility index (Phi) is 3.01. The second-order valence-electron chi connectivity index (χ2n) is 4.05. The Hall–Kier alpha value is -2.22. The van der Waals surface area contributed by atoms with Crippen molar-refractivity contribution in [1.82, 2.24) is 13.4 Å². The van der Waals surface area contributed by atoms with Gasteiger partial charge in [0.1, 0.15) is 0 Å². The summed E-state index contributed by atoms with van der Waals surface area (Å²) in [5.41, 5.74) is 2.20. The molecule has 0 amide bonds. The van der Waals surface area contributed by atoms with Crippen LogP contribution in [0.4, 0.5) is 5.69 Å². The Labute approximate surface area is 125 Å².